The number of rotatable bonds is 7. The number of nitrogens with one attached hydrogen (secondary N) is 2. The first-order valence-corrected chi connectivity index (χ1v) is 11.2. The largest absolute Gasteiger partial charge is 0.494 e. The lowest BCUT2D eigenvalue weighted by Gasteiger charge is -2.15. The molecule has 1 aromatic heterocycles. The van der Waals surface area contributed by atoms with Crippen LogP contribution in [-0.4, -0.2) is 29.3 Å². The van der Waals surface area contributed by atoms with E-state index in [0.717, 1.165) is 10.6 Å². The number of amides is 3. The molecule has 0 atom stereocenters. The topological polar surface area (TPSA) is 101 Å². The Balaban J connectivity index is 1.46. The average Bonchev–Trinajstić information content (AvgIpc) is 3.31. The Kier molecular flexibility index (Phi) is 6.43. The number of thiazole rings is 1. The van der Waals surface area contributed by atoms with E-state index in [2.05, 4.69) is 15.6 Å². The Morgan fingerprint density at radius 2 is 1.79 bits per heavy atom. The number of anilines is 3. The summed E-state index contributed by atoms with van der Waals surface area (Å²) in [6, 6.07) is 13.0. The molecule has 0 saturated heterocycles. The van der Waals surface area contributed by atoms with E-state index in [1.807, 2.05) is 19.2 Å². The molecule has 2 heterocycles. The van der Waals surface area contributed by atoms with Gasteiger partial charge in [-0.3, -0.25) is 19.7 Å². The van der Waals surface area contributed by atoms with Gasteiger partial charge >= 0.3 is 0 Å². The van der Waals surface area contributed by atoms with Crippen LogP contribution in [0.25, 0.3) is 0 Å². The Labute approximate surface area is 198 Å². The molecule has 2 N–H and O–H groups in total. The number of hydrogen-bond donors (Lipinski definition) is 2. The predicted octanol–water partition coefficient (Wildman–Crippen LogP) is 4.54. The van der Waals surface area contributed by atoms with Crippen molar-refractivity contribution in [1.82, 2.24) is 4.98 Å². The van der Waals surface area contributed by atoms with Crippen molar-refractivity contribution in [3.8, 4) is 5.75 Å². The van der Waals surface area contributed by atoms with Crippen LogP contribution in [0.4, 0.5) is 16.5 Å². The molecule has 4 rings (SSSR count). The van der Waals surface area contributed by atoms with Gasteiger partial charge in [0.25, 0.3) is 17.7 Å². The van der Waals surface area contributed by atoms with Gasteiger partial charge in [-0.05, 0) is 62.4 Å². The Hall–Kier alpha value is -3.69. The maximum atomic E-state index is 12.9. The van der Waals surface area contributed by atoms with E-state index in [0.29, 0.717) is 34.4 Å². The van der Waals surface area contributed by atoms with Crippen molar-refractivity contribution < 1.29 is 19.1 Å². The van der Waals surface area contributed by atoms with Gasteiger partial charge in [0.15, 0.2) is 5.13 Å². The first-order chi connectivity index (χ1) is 15.9. The van der Waals surface area contributed by atoms with Crippen LogP contribution in [0.1, 0.15) is 23.0 Å². The highest BCUT2D eigenvalue weighted by molar-refractivity contribution is 7.13. The second-order valence-corrected chi connectivity index (χ2v) is 8.25. The molecule has 0 saturated carbocycles. The van der Waals surface area contributed by atoms with Gasteiger partial charge in [-0.25, -0.2) is 9.88 Å². The summed E-state index contributed by atoms with van der Waals surface area (Å²) in [6.45, 7) is 4.22. The Morgan fingerprint density at radius 3 is 2.39 bits per heavy atom. The molecule has 168 valence electrons. The minimum Gasteiger partial charge on any atom is -0.494 e. The number of carbonyl (C=O) groups is 3. The van der Waals surface area contributed by atoms with Gasteiger partial charge in [-0.15, -0.1) is 11.3 Å². The van der Waals surface area contributed by atoms with Crippen molar-refractivity contribution in [2.75, 3.05) is 22.1 Å². The standard InChI is InChI=1S/C23H19ClN4O4S/c1-3-32-17-10-8-16(9-11-17)28-21(30)18(24)19(22(28)31)26-15-6-4-14(5-7-15)20(29)27-23-25-13(2)12-33-23/h4-12,26H,3H2,1-2H3,(H,25,27,29). The Bertz CT molecular complexity index is 1250. The lowest BCUT2D eigenvalue weighted by atomic mass is 10.2. The molecule has 1 aliphatic rings. The van der Waals surface area contributed by atoms with Gasteiger partial charge in [0.2, 0.25) is 0 Å². The van der Waals surface area contributed by atoms with E-state index >= 15 is 0 Å². The molecule has 0 fully saturated rings. The predicted molar refractivity (Wildman–Crippen MR) is 128 cm³/mol. The van der Waals surface area contributed by atoms with Crippen LogP contribution >= 0.6 is 22.9 Å². The fourth-order valence-corrected chi connectivity index (χ4v) is 4.03. The highest BCUT2D eigenvalue weighted by Crippen LogP contribution is 2.31. The molecule has 0 radical (unpaired) electrons. The summed E-state index contributed by atoms with van der Waals surface area (Å²) < 4.78 is 5.39. The quantitative estimate of drug-likeness (QED) is 0.479. The van der Waals surface area contributed by atoms with Crippen molar-refractivity contribution in [2.24, 2.45) is 0 Å². The SMILES string of the molecule is CCOc1ccc(N2C(=O)C(Cl)=C(Nc3ccc(C(=O)Nc4nc(C)cs4)cc3)C2=O)cc1. The first-order valence-electron chi connectivity index (χ1n) is 9.99. The first kappa shape index (κ1) is 22.5. The zero-order valence-corrected chi connectivity index (χ0v) is 19.3. The third-order valence-corrected chi connectivity index (χ3v) is 5.92. The molecule has 0 aliphatic carbocycles. The van der Waals surface area contributed by atoms with Crippen LogP contribution in [0.15, 0.2) is 64.6 Å². The van der Waals surface area contributed by atoms with Gasteiger partial charge in [-0.1, -0.05) is 11.6 Å². The molecule has 33 heavy (non-hydrogen) atoms. The normalized spacial score (nSPS) is 13.5. The zero-order chi connectivity index (χ0) is 23.5. The van der Waals surface area contributed by atoms with Crippen LogP contribution in [0, 0.1) is 6.92 Å². The number of aryl methyl sites for hydroxylation is 1. The van der Waals surface area contributed by atoms with Gasteiger partial charge in [0.1, 0.15) is 16.5 Å². The summed E-state index contributed by atoms with van der Waals surface area (Å²) in [7, 11) is 0. The summed E-state index contributed by atoms with van der Waals surface area (Å²) in [5.41, 5.74) is 2.09. The fourth-order valence-electron chi connectivity index (χ4n) is 3.13. The number of carbonyl (C=O) groups excluding carboxylic acids is 3. The van der Waals surface area contributed by atoms with E-state index in [4.69, 9.17) is 16.3 Å². The molecule has 0 spiro atoms. The van der Waals surface area contributed by atoms with Crippen molar-refractivity contribution >= 4 is 57.2 Å². The van der Waals surface area contributed by atoms with E-state index in [9.17, 15) is 14.4 Å². The molecular weight excluding hydrogens is 464 g/mol. The van der Waals surface area contributed by atoms with Crippen molar-refractivity contribution in [1.29, 1.82) is 0 Å². The zero-order valence-electron chi connectivity index (χ0n) is 17.7. The monoisotopic (exact) mass is 482 g/mol. The molecule has 3 amide bonds. The summed E-state index contributed by atoms with van der Waals surface area (Å²) in [6.07, 6.45) is 0. The Morgan fingerprint density at radius 1 is 1.09 bits per heavy atom. The second kappa shape index (κ2) is 9.43. The van der Waals surface area contributed by atoms with Crippen LogP contribution in [0.2, 0.25) is 0 Å². The van der Waals surface area contributed by atoms with E-state index in [1.54, 1.807) is 48.5 Å². The van der Waals surface area contributed by atoms with Crippen LogP contribution < -0.4 is 20.3 Å². The average molecular weight is 483 g/mol. The lowest BCUT2D eigenvalue weighted by Crippen LogP contribution is -2.32. The summed E-state index contributed by atoms with van der Waals surface area (Å²) in [4.78, 5) is 43.1. The number of aromatic nitrogens is 1. The highest BCUT2D eigenvalue weighted by atomic mass is 35.5. The fraction of sp³-hybridized carbons (Fsp3) is 0.130. The molecule has 8 nitrogen and oxygen atoms in total. The van der Waals surface area contributed by atoms with Gasteiger partial charge in [-0.2, -0.15) is 0 Å². The maximum absolute atomic E-state index is 12.9. The molecule has 2 aromatic carbocycles. The minimum atomic E-state index is -0.622. The van der Waals surface area contributed by atoms with Crippen LogP contribution in [-0.2, 0) is 9.59 Å². The number of ether oxygens (including phenoxy) is 1. The molecular formula is C23H19ClN4O4S. The van der Waals surface area contributed by atoms with Crippen molar-refractivity contribution in [3.05, 3.63) is 75.9 Å². The van der Waals surface area contributed by atoms with Gasteiger partial charge in [0.05, 0.1) is 18.0 Å². The van der Waals surface area contributed by atoms with E-state index < -0.39 is 11.8 Å². The van der Waals surface area contributed by atoms with Crippen LogP contribution in [0.5, 0.6) is 5.75 Å². The van der Waals surface area contributed by atoms with Gasteiger partial charge < -0.3 is 10.1 Å². The van der Waals surface area contributed by atoms with Crippen LogP contribution in [0.3, 0.4) is 0 Å². The molecule has 0 unspecified atom stereocenters. The molecule has 0 bridgehead atoms. The third kappa shape index (κ3) is 4.74. The molecule has 1 aliphatic heterocycles. The lowest BCUT2D eigenvalue weighted by molar-refractivity contribution is -0.120. The third-order valence-electron chi connectivity index (χ3n) is 4.69. The number of benzene rings is 2. The maximum Gasteiger partial charge on any atom is 0.283 e. The van der Waals surface area contributed by atoms with Crippen molar-refractivity contribution in [2.45, 2.75) is 13.8 Å². The summed E-state index contributed by atoms with van der Waals surface area (Å²) in [5, 5.41) is 7.77. The highest BCUT2D eigenvalue weighted by Gasteiger charge is 2.39. The number of hydrogen-bond acceptors (Lipinski definition) is 7. The molecule has 10 heteroatoms. The number of halogens is 1. The summed E-state index contributed by atoms with van der Waals surface area (Å²) in [5.74, 6) is -0.869. The number of imide groups is 1. The molecule has 3 aromatic rings. The van der Waals surface area contributed by atoms with Gasteiger partial charge in [0, 0.05) is 16.6 Å². The van der Waals surface area contributed by atoms with E-state index in [1.165, 1.54) is 11.3 Å². The van der Waals surface area contributed by atoms with Crippen molar-refractivity contribution in [3.63, 3.8) is 0 Å². The minimum absolute atomic E-state index is 0.0361. The van der Waals surface area contributed by atoms with E-state index in [-0.39, 0.29) is 16.6 Å². The second-order valence-electron chi connectivity index (χ2n) is 7.01. The number of nitrogens with zero attached hydrogens (tertiary/aromatic N) is 2. The smallest absolute Gasteiger partial charge is 0.283 e. The summed E-state index contributed by atoms with van der Waals surface area (Å²) >= 11 is 7.53.